The van der Waals surface area contributed by atoms with Crippen molar-refractivity contribution >= 4 is 49.8 Å². The normalized spacial score (nSPS) is 12.9. The zero-order valence-corrected chi connectivity index (χ0v) is 11.3. The predicted octanol–water partition coefficient (Wildman–Crippen LogP) is 1.73. The number of hydrogen-bond donors (Lipinski definition) is 5. The van der Waals surface area contributed by atoms with Gasteiger partial charge in [0, 0.05) is 4.90 Å². The highest BCUT2D eigenvalue weighted by Gasteiger charge is 2.26. The maximum absolute atomic E-state index is 10.1. The highest BCUT2D eigenvalue weighted by atomic mass is 32.1. The smallest absolute Gasteiger partial charge is 0.318 e. The summed E-state index contributed by atoms with van der Waals surface area (Å²) in [7, 11) is 0. The summed E-state index contributed by atoms with van der Waals surface area (Å²) in [5.74, 6) is -2.57. The van der Waals surface area contributed by atoms with Crippen molar-refractivity contribution in [3.63, 3.8) is 0 Å². The molecule has 94 valence electrons. The predicted molar refractivity (Wildman–Crippen MR) is 74.5 cm³/mol. The molecule has 2 unspecified atom stereocenters. The van der Waals surface area contributed by atoms with Crippen molar-refractivity contribution in [3.8, 4) is 0 Å². The van der Waals surface area contributed by atoms with E-state index >= 15 is 0 Å². The van der Waals surface area contributed by atoms with Gasteiger partial charge in [-0.1, -0.05) is 18.2 Å². The standard InChI is InChI=1S/C6H6S.C4H6O4S2/c7-6-4-2-1-3-5-6;5-3(6)1(9)2(10)4(7)8/h1-5,7H;1-2,9-10H,(H,5,6)(H,7,8). The van der Waals surface area contributed by atoms with Crippen LogP contribution in [0.3, 0.4) is 0 Å². The molecule has 0 saturated carbocycles. The molecule has 0 bridgehead atoms. The third-order valence-corrected chi connectivity index (χ3v) is 3.13. The number of carbonyl (C=O) groups is 2. The Labute approximate surface area is 115 Å². The van der Waals surface area contributed by atoms with Crippen LogP contribution in [0.4, 0.5) is 0 Å². The van der Waals surface area contributed by atoms with Gasteiger partial charge in [-0.2, -0.15) is 25.3 Å². The fourth-order valence-corrected chi connectivity index (χ4v) is 1.13. The lowest BCUT2D eigenvalue weighted by Crippen LogP contribution is -2.31. The molecule has 0 heterocycles. The molecule has 17 heavy (non-hydrogen) atoms. The van der Waals surface area contributed by atoms with Crippen molar-refractivity contribution in [1.29, 1.82) is 0 Å². The maximum atomic E-state index is 10.1. The molecule has 0 aromatic heterocycles. The van der Waals surface area contributed by atoms with Crippen molar-refractivity contribution in [3.05, 3.63) is 30.3 Å². The summed E-state index contributed by atoms with van der Waals surface area (Å²) < 4.78 is 0. The molecule has 2 atom stereocenters. The molecule has 0 saturated heterocycles. The molecule has 2 N–H and O–H groups in total. The summed E-state index contributed by atoms with van der Waals surface area (Å²) in [6.45, 7) is 0. The Bertz CT molecular complexity index is 351. The van der Waals surface area contributed by atoms with Gasteiger partial charge in [-0.25, -0.2) is 0 Å². The molecule has 1 aromatic carbocycles. The van der Waals surface area contributed by atoms with Crippen LogP contribution < -0.4 is 0 Å². The highest BCUT2D eigenvalue weighted by molar-refractivity contribution is 7.86. The minimum Gasteiger partial charge on any atom is -0.480 e. The van der Waals surface area contributed by atoms with Crippen molar-refractivity contribution in [2.75, 3.05) is 0 Å². The minimum atomic E-state index is -1.29. The van der Waals surface area contributed by atoms with Crippen LogP contribution in [0.1, 0.15) is 0 Å². The first-order valence-corrected chi connectivity index (χ1v) is 5.90. The van der Waals surface area contributed by atoms with Gasteiger partial charge in [-0.15, -0.1) is 12.6 Å². The Hall–Kier alpha value is -0.790. The molecule has 1 rings (SSSR count). The second-order valence-electron chi connectivity index (χ2n) is 2.90. The average molecular weight is 292 g/mol. The summed E-state index contributed by atoms with van der Waals surface area (Å²) in [6, 6.07) is 9.79. The fourth-order valence-electron chi connectivity index (χ4n) is 0.698. The van der Waals surface area contributed by atoms with Crippen molar-refractivity contribution in [2.24, 2.45) is 0 Å². The number of carboxylic acids is 2. The van der Waals surface area contributed by atoms with Gasteiger partial charge in [-0.3, -0.25) is 9.59 Å². The van der Waals surface area contributed by atoms with Crippen LogP contribution in [0, 0.1) is 0 Å². The first-order chi connectivity index (χ1) is 7.86. The Balaban J connectivity index is 0.000000318. The molecule has 1 aromatic rings. The quantitative estimate of drug-likeness (QED) is 0.550. The van der Waals surface area contributed by atoms with Gasteiger partial charge < -0.3 is 10.2 Å². The second kappa shape index (κ2) is 8.32. The van der Waals surface area contributed by atoms with Crippen LogP contribution in [0.15, 0.2) is 35.2 Å². The largest absolute Gasteiger partial charge is 0.480 e. The summed E-state index contributed by atoms with van der Waals surface area (Å²) in [5, 5.41) is 13.9. The zero-order chi connectivity index (χ0) is 13.4. The Morgan fingerprint density at radius 3 is 1.47 bits per heavy atom. The summed E-state index contributed by atoms with van der Waals surface area (Å²) in [5.41, 5.74) is 0. The minimum absolute atomic E-state index is 1.02. The molecule has 0 aliphatic heterocycles. The molecule has 4 nitrogen and oxygen atoms in total. The van der Waals surface area contributed by atoms with Gasteiger partial charge in [0.25, 0.3) is 0 Å². The van der Waals surface area contributed by atoms with Crippen LogP contribution in [0.25, 0.3) is 0 Å². The van der Waals surface area contributed by atoms with E-state index in [4.69, 9.17) is 10.2 Å². The van der Waals surface area contributed by atoms with E-state index in [1.807, 2.05) is 30.3 Å². The SMILES string of the molecule is O=C(O)C(S)C(S)C(=O)O.Sc1ccccc1. The van der Waals surface area contributed by atoms with E-state index in [1.165, 1.54) is 0 Å². The molecule has 7 heteroatoms. The van der Waals surface area contributed by atoms with Crippen LogP contribution in [-0.2, 0) is 9.59 Å². The molecule has 0 aliphatic rings. The second-order valence-corrected chi connectivity index (χ2v) is 4.53. The number of rotatable bonds is 3. The van der Waals surface area contributed by atoms with Crippen LogP contribution in [0.5, 0.6) is 0 Å². The average Bonchev–Trinajstić information content (AvgIpc) is 2.28. The van der Waals surface area contributed by atoms with Crippen LogP contribution >= 0.6 is 37.9 Å². The van der Waals surface area contributed by atoms with Crippen molar-refractivity contribution in [2.45, 2.75) is 15.4 Å². The van der Waals surface area contributed by atoms with Gasteiger partial charge in [-0.05, 0) is 12.1 Å². The first-order valence-electron chi connectivity index (χ1n) is 4.42. The summed E-state index contributed by atoms with van der Waals surface area (Å²) >= 11 is 11.1. The van der Waals surface area contributed by atoms with E-state index in [-0.39, 0.29) is 0 Å². The summed E-state index contributed by atoms with van der Waals surface area (Å²) in [6.07, 6.45) is 0. The molecular weight excluding hydrogens is 280 g/mol. The van der Waals surface area contributed by atoms with E-state index in [0.717, 1.165) is 4.90 Å². The Morgan fingerprint density at radius 1 is 0.941 bits per heavy atom. The fraction of sp³-hybridized carbons (Fsp3) is 0.200. The van der Waals surface area contributed by atoms with Crippen molar-refractivity contribution in [1.82, 2.24) is 0 Å². The van der Waals surface area contributed by atoms with E-state index in [9.17, 15) is 9.59 Å². The van der Waals surface area contributed by atoms with Gasteiger partial charge >= 0.3 is 11.9 Å². The number of benzene rings is 1. The number of carboxylic acid groups (broad SMARTS) is 2. The number of hydrogen-bond acceptors (Lipinski definition) is 5. The van der Waals surface area contributed by atoms with E-state index in [1.54, 1.807) is 0 Å². The first kappa shape index (κ1) is 16.2. The monoisotopic (exact) mass is 292 g/mol. The van der Waals surface area contributed by atoms with Crippen molar-refractivity contribution < 1.29 is 19.8 Å². The molecule has 0 aliphatic carbocycles. The van der Waals surface area contributed by atoms with Gasteiger partial charge in [0.1, 0.15) is 10.5 Å². The number of thiol groups is 3. The van der Waals surface area contributed by atoms with Crippen LogP contribution in [0.2, 0.25) is 0 Å². The van der Waals surface area contributed by atoms with Gasteiger partial charge in [0.15, 0.2) is 0 Å². The lowest BCUT2D eigenvalue weighted by atomic mass is 10.3. The van der Waals surface area contributed by atoms with E-state index in [0.29, 0.717) is 0 Å². The van der Waals surface area contributed by atoms with Gasteiger partial charge in [0.05, 0.1) is 0 Å². The van der Waals surface area contributed by atoms with Gasteiger partial charge in [0.2, 0.25) is 0 Å². The Morgan fingerprint density at radius 2 is 1.29 bits per heavy atom. The van der Waals surface area contributed by atoms with Crippen LogP contribution in [-0.4, -0.2) is 32.7 Å². The molecule has 0 amide bonds. The number of aliphatic carboxylic acids is 2. The topological polar surface area (TPSA) is 74.6 Å². The lowest BCUT2D eigenvalue weighted by Gasteiger charge is -2.07. The summed E-state index contributed by atoms with van der Waals surface area (Å²) in [4.78, 5) is 21.1. The zero-order valence-electron chi connectivity index (χ0n) is 8.59. The van der Waals surface area contributed by atoms with E-state index < -0.39 is 22.4 Å². The third kappa shape index (κ3) is 7.19. The third-order valence-electron chi connectivity index (χ3n) is 1.56. The highest BCUT2D eigenvalue weighted by Crippen LogP contribution is 2.08. The maximum Gasteiger partial charge on any atom is 0.318 e. The lowest BCUT2D eigenvalue weighted by molar-refractivity contribution is -0.142. The molecular formula is C10H12O4S3. The Kier molecular flexibility index (Phi) is 7.94. The molecule has 0 spiro atoms. The molecule has 0 radical (unpaired) electrons. The molecule has 0 fully saturated rings. The van der Waals surface area contributed by atoms with E-state index in [2.05, 4.69) is 37.9 Å².